The fourth-order valence-corrected chi connectivity index (χ4v) is 6.99. The van der Waals surface area contributed by atoms with Crippen LogP contribution in [0.4, 0.5) is 0 Å². The third kappa shape index (κ3) is 5.26. The van der Waals surface area contributed by atoms with Crippen molar-refractivity contribution in [1.82, 2.24) is 15.2 Å². The first-order valence-corrected chi connectivity index (χ1v) is 14.1. The number of H-pyrrole nitrogens is 1. The fraction of sp³-hybridized carbons (Fsp3) is 0.586. The predicted molar refractivity (Wildman–Crippen MR) is 144 cm³/mol. The lowest BCUT2D eigenvalue weighted by Crippen LogP contribution is -2.49. The zero-order valence-corrected chi connectivity index (χ0v) is 22.6. The van der Waals surface area contributed by atoms with E-state index in [1.54, 1.807) is 30.2 Å². The van der Waals surface area contributed by atoms with Crippen molar-refractivity contribution in [1.29, 1.82) is 5.26 Å². The molecule has 2 N–H and O–H groups in total. The summed E-state index contributed by atoms with van der Waals surface area (Å²) < 4.78 is 5.45. The SMILES string of the molecule is COc1cc(Cl)cc2[nH]c(C(=O)N3CC4(CCCCC4)CC3C(=O)NC(C#N)CC3CCCCC3=O)cc12. The first-order chi connectivity index (χ1) is 18.3. The van der Waals surface area contributed by atoms with Crippen LogP contribution < -0.4 is 10.1 Å². The van der Waals surface area contributed by atoms with Crippen molar-refractivity contribution in [3.8, 4) is 11.8 Å². The zero-order valence-electron chi connectivity index (χ0n) is 21.9. The van der Waals surface area contributed by atoms with Crippen LogP contribution in [0, 0.1) is 22.7 Å². The van der Waals surface area contributed by atoms with Gasteiger partial charge in [-0.3, -0.25) is 14.4 Å². The number of hydrogen-bond donors (Lipinski definition) is 2. The Balaban J connectivity index is 1.39. The van der Waals surface area contributed by atoms with Gasteiger partial charge in [0.05, 0.1) is 18.7 Å². The van der Waals surface area contributed by atoms with E-state index >= 15 is 0 Å². The smallest absolute Gasteiger partial charge is 0.271 e. The molecule has 1 saturated heterocycles. The Bertz CT molecular complexity index is 1280. The standard InChI is InChI=1S/C29H35ClN4O4/c1-38-26-13-19(30)12-22-21(26)14-23(33-22)28(37)34-17-29(9-5-2-6-10-29)15-24(34)27(36)32-20(16-31)11-18-7-3-4-8-25(18)35/h12-14,18,20,24,33H,2-11,15,17H2,1H3,(H,32,36). The molecule has 1 aromatic carbocycles. The molecular formula is C29H35ClN4O4. The minimum atomic E-state index is -0.756. The maximum absolute atomic E-state index is 13.9. The number of Topliss-reactive ketones (excluding diaryl/α,β-unsaturated/α-hetero) is 1. The molecule has 38 heavy (non-hydrogen) atoms. The Morgan fingerprint density at radius 2 is 2.03 bits per heavy atom. The van der Waals surface area contributed by atoms with Gasteiger partial charge in [-0.15, -0.1) is 0 Å². The molecule has 2 saturated carbocycles. The number of aromatic amines is 1. The Morgan fingerprint density at radius 1 is 1.24 bits per heavy atom. The maximum atomic E-state index is 13.9. The van der Waals surface area contributed by atoms with Gasteiger partial charge in [0, 0.05) is 29.3 Å². The number of nitrogens with zero attached hydrogens (tertiary/aromatic N) is 2. The minimum Gasteiger partial charge on any atom is -0.496 e. The highest BCUT2D eigenvalue weighted by Gasteiger charge is 2.49. The van der Waals surface area contributed by atoms with Gasteiger partial charge in [-0.25, -0.2) is 0 Å². The second-order valence-electron chi connectivity index (χ2n) is 11.3. The van der Waals surface area contributed by atoms with E-state index in [1.807, 2.05) is 0 Å². The molecular weight excluding hydrogens is 504 g/mol. The van der Waals surface area contributed by atoms with Gasteiger partial charge in [-0.05, 0) is 62.1 Å². The number of hydrogen-bond acceptors (Lipinski definition) is 5. The van der Waals surface area contributed by atoms with Crippen molar-refractivity contribution in [2.24, 2.45) is 11.3 Å². The maximum Gasteiger partial charge on any atom is 0.271 e. The number of benzene rings is 1. The van der Waals surface area contributed by atoms with Crippen molar-refractivity contribution in [3.63, 3.8) is 0 Å². The van der Waals surface area contributed by atoms with Crippen molar-refractivity contribution in [3.05, 3.63) is 28.9 Å². The average molecular weight is 539 g/mol. The van der Waals surface area contributed by atoms with Crippen LogP contribution in [0.15, 0.2) is 18.2 Å². The van der Waals surface area contributed by atoms with Crippen LogP contribution in [0.3, 0.4) is 0 Å². The van der Waals surface area contributed by atoms with Crippen molar-refractivity contribution in [2.45, 2.75) is 82.7 Å². The summed E-state index contributed by atoms with van der Waals surface area (Å²) in [5.41, 5.74) is 0.965. The summed E-state index contributed by atoms with van der Waals surface area (Å²) in [5, 5.41) is 13.9. The molecule has 2 heterocycles. The van der Waals surface area contributed by atoms with Crippen LogP contribution in [0.2, 0.25) is 5.02 Å². The van der Waals surface area contributed by atoms with Crippen LogP contribution in [0.25, 0.3) is 10.9 Å². The number of methoxy groups -OCH3 is 1. The van der Waals surface area contributed by atoms with Crippen LogP contribution in [0.5, 0.6) is 5.75 Å². The molecule has 0 radical (unpaired) electrons. The topological polar surface area (TPSA) is 115 Å². The number of ether oxygens (including phenoxy) is 1. The molecule has 0 bridgehead atoms. The van der Waals surface area contributed by atoms with Gasteiger partial charge in [-0.1, -0.05) is 37.3 Å². The largest absolute Gasteiger partial charge is 0.496 e. The molecule has 3 atom stereocenters. The van der Waals surface area contributed by atoms with Gasteiger partial charge in [0.1, 0.15) is 29.3 Å². The number of ketones is 1. The number of rotatable bonds is 6. The Morgan fingerprint density at radius 3 is 2.74 bits per heavy atom. The monoisotopic (exact) mass is 538 g/mol. The number of fused-ring (bicyclic) bond motifs is 1. The average Bonchev–Trinajstić information content (AvgIpc) is 3.51. The number of carbonyl (C=O) groups is 3. The molecule has 1 spiro atoms. The first-order valence-electron chi connectivity index (χ1n) is 13.7. The highest BCUT2D eigenvalue weighted by molar-refractivity contribution is 6.31. The number of nitriles is 1. The van der Waals surface area contributed by atoms with Gasteiger partial charge >= 0.3 is 0 Å². The highest BCUT2D eigenvalue weighted by Crippen LogP contribution is 2.47. The number of likely N-dealkylation sites (tertiary alicyclic amines) is 1. The molecule has 2 aliphatic carbocycles. The third-order valence-electron chi connectivity index (χ3n) is 8.77. The first kappa shape index (κ1) is 26.6. The van der Waals surface area contributed by atoms with Gasteiger partial charge < -0.3 is 19.9 Å². The summed E-state index contributed by atoms with van der Waals surface area (Å²) in [6.07, 6.45) is 9.39. The van der Waals surface area contributed by atoms with E-state index in [4.69, 9.17) is 16.3 Å². The predicted octanol–water partition coefficient (Wildman–Crippen LogP) is 5.15. The molecule has 5 rings (SSSR count). The van der Waals surface area contributed by atoms with Gasteiger partial charge in [0.2, 0.25) is 5.91 Å². The van der Waals surface area contributed by atoms with Crippen molar-refractivity contribution >= 4 is 40.1 Å². The number of amides is 2. The molecule has 3 fully saturated rings. The molecule has 3 unspecified atom stereocenters. The summed E-state index contributed by atoms with van der Waals surface area (Å²) >= 11 is 6.23. The van der Waals surface area contributed by atoms with Crippen LogP contribution in [0.1, 0.15) is 81.1 Å². The summed E-state index contributed by atoms with van der Waals surface area (Å²) in [6, 6.07) is 5.96. The second kappa shape index (κ2) is 11.0. The summed E-state index contributed by atoms with van der Waals surface area (Å²) in [6.45, 7) is 0.509. The van der Waals surface area contributed by atoms with E-state index in [1.165, 1.54) is 6.42 Å². The summed E-state index contributed by atoms with van der Waals surface area (Å²) in [4.78, 5) is 44.7. The minimum absolute atomic E-state index is 0.0929. The van der Waals surface area contributed by atoms with Gasteiger partial charge in [-0.2, -0.15) is 5.26 Å². The highest BCUT2D eigenvalue weighted by atomic mass is 35.5. The lowest BCUT2D eigenvalue weighted by molar-refractivity contribution is -0.127. The van der Waals surface area contributed by atoms with E-state index in [0.29, 0.717) is 47.8 Å². The Labute approximate surface area is 228 Å². The van der Waals surface area contributed by atoms with E-state index in [2.05, 4.69) is 16.4 Å². The Hall–Kier alpha value is -3.05. The number of halogens is 1. The summed E-state index contributed by atoms with van der Waals surface area (Å²) in [5.74, 6) is -0.00607. The van der Waals surface area contributed by atoms with E-state index < -0.39 is 12.1 Å². The molecule has 202 valence electrons. The molecule has 3 aliphatic rings. The van der Waals surface area contributed by atoms with Crippen molar-refractivity contribution < 1.29 is 19.1 Å². The zero-order chi connectivity index (χ0) is 26.9. The number of aromatic nitrogens is 1. The lowest BCUT2D eigenvalue weighted by atomic mass is 9.72. The number of nitrogens with one attached hydrogen (secondary N) is 2. The molecule has 2 aromatic rings. The lowest BCUT2D eigenvalue weighted by Gasteiger charge is -2.32. The van der Waals surface area contributed by atoms with E-state index in [9.17, 15) is 19.6 Å². The van der Waals surface area contributed by atoms with Crippen LogP contribution in [-0.2, 0) is 9.59 Å². The molecule has 9 heteroatoms. The van der Waals surface area contributed by atoms with Gasteiger partial charge in [0.15, 0.2) is 0 Å². The molecule has 8 nitrogen and oxygen atoms in total. The Kier molecular flexibility index (Phi) is 7.67. The summed E-state index contributed by atoms with van der Waals surface area (Å²) in [7, 11) is 1.56. The third-order valence-corrected chi connectivity index (χ3v) is 8.99. The van der Waals surface area contributed by atoms with Gasteiger partial charge in [0.25, 0.3) is 5.91 Å². The van der Waals surface area contributed by atoms with Crippen molar-refractivity contribution in [2.75, 3.05) is 13.7 Å². The quantitative estimate of drug-likeness (QED) is 0.527. The number of carbonyl (C=O) groups excluding carboxylic acids is 3. The second-order valence-corrected chi connectivity index (χ2v) is 11.7. The molecule has 1 aliphatic heterocycles. The molecule has 1 aromatic heterocycles. The molecule has 2 amide bonds. The van der Waals surface area contributed by atoms with E-state index in [0.717, 1.165) is 50.3 Å². The van der Waals surface area contributed by atoms with E-state index in [-0.39, 0.29) is 28.9 Å². The normalized spacial score (nSPS) is 23.8. The van der Waals surface area contributed by atoms with Crippen LogP contribution in [-0.4, -0.2) is 53.2 Å². The fourth-order valence-electron chi connectivity index (χ4n) is 6.78. The van der Waals surface area contributed by atoms with Crippen LogP contribution >= 0.6 is 11.6 Å².